The van der Waals surface area contributed by atoms with Crippen molar-refractivity contribution < 1.29 is 30.8 Å². The van der Waals surface area contributed by atoms with E-state index < -0.39 is 54.6 Å². The molecule has 2 aromatic rings. The minimum Gasteiger partial charge on any atom is -0.461 e. The normalized spacial score (nSPS) is 20.5. The van der Waals surface area contributed by atoms with Gasteiger partial charge in [0.2, 0.25) is 0 Å². The quantitative estimate of drug-likeness (QED) is 0.496. The maximum absolute atomic E-state index is 15.2. The van der Waals surface area contributed by atoms with Crippen LogP contribution in [0.5, 0.6) is 0 Å². The third-order valence-electron chi connectivity index (χ3n) is 6.46. The smallest absolute Gasteiger partial charge is 0.336 e. The number of benzene rings is 2. The molecular formula is C26H28ClFN2O6S2. The molecule has 38 heavy (non-hydrogen) atoms. The number of carbonyl (C=O) groups is 1. The zero-order chi connectivity index (χ0) is 27.7. The Morgan fingerprint density at radius 2 is 1.82 bits per heavy atom. The molecule has 204 valence electrons. The molecule has 0 radical (unpaired) electrons. The van der Waals surface area contributed by atoms with Crippen molar-refractivity contribution in [1.82, 2.24) is 10.2 Å². The largest absolute Gasteiger partial charge is 0.461 e. The van der Waals surface area contributed by atoms with Crippen LogP contribution in [0.2, 0.25) is 5.02 Å². The molecule has 1 N–H and O–H groups in total. The lowest BCUT2D eigenvalue weighted by atomic mass is 9.86. The highest BCUT2D eigenvalue weighted by molar-refractivity contribution is 7.98. The number of esters is 1. The summed E-state index contributed by atoms with van der Waals surface area (Å²) in [6, 6.07) is 13.6. The first-order valence-corrected chi connectivity index (χ1v) is 15.7. The molecular weight excluding hydrogens is 555 g/mol. The highest BCUT2D eigenvalue weighted by atomic mass is 35.5. The summed E-state index contributed by atoms with van der Waals surface area (Å²) in [5.74, 6) is -5.00. The Morgan fingerprint density at radius 3 is 2.50 bits per heavy atom. The van der Waals surface area contributed by atoms with E-state index in [0.29, 0.717) is 13.1 Å². The molecule has 2 aromatic carbocycles. The van der Waals surface area contributed by atoms with E-state index in [1.165, 1.54) is 19.1 Å². The molecule has 1 unspecified atom stereocenters. The molecule has 0 aromatic heterocycles. The molecule has 0 saturated heterocycles. The maximum Gasteiger partial charge on any atom is 0.336 e. The minimum absolute atomic E-state index is 0.0102. The summed E-state index contributed by atoms with van der Waals surface area (Å²) in [5, 5.41) is 2.70. The van der Waals surface area contributed by atoms with Crippen molar-refractivity contribution in [2.24, 2.45) is 0 Å². The number of halogens is 2. The van der Waals surface area contributed by atoms with Crippen LogP contribution in [0.4, 0.5) is 4.39 Å². The highest BCUT2D eigenvalue weighted by Crippen LogP contribution is 2.45. The second-order valence-electron chi connectivity index (χ2n) is 9.35. The van der Waals surface area contributed by atoms with Crippen molar-refractivity contribution in [1.29, 1.82) is 0 Å². The van der Waals surface area contributed by atoms with Gasteiger partial charge in [0, 0.05) is 35.1 Å². The highest BCUT2D eigenvalue weighted by Gasteiger charge is 2.45. The molecule has 2 aliphatic heterocycles. The Kier molecular flexibility index (Phi) is 8.32. The van der Waals surface area contributed by atoms with Crippen LogP contribution in [-0.2, 0) is 35.8 Å². The van der Waals surface area contributed by atoms with Gasteiger partial charge in [0.05, 0.1) is 33.7 Å². The summed E-state index contributed by atoms with van der Waals surface area (Å²) in [5.41, 5.74) is 0.785. The number of allylic oxidation sites excluding steroid dienone is 2. The van der Waals surface area contributed by atoms with Crippen LogP contribution in [0.1, 0.15) is 24.0 Å². The molecule has 2 heterocycles. The first-order chi connectivity index (χ1) is 17.9. The molecule has 0 bridgehead atoms. The van der Waals surface area contributed by atoms with Crippen LogP contribution in [0, 0.1) is 5.82 Å². The molecule has 2 aliphatic rings. The molecule has 0 aliphatic carbocycles. The number of dihydropyridines is 1. The standard InChI is InChI=1S/C26H28ClFN2O6S2/c1-17-22(26(31)36-12-11-30(2)15-18-7-4-3-5-8-18)24(23-19(27)9-6-10-20(23)28)25-21(29-17)16-37(32,33)13-14-38(25,34)35/h3-10,24,29H,11-16H2,1-2H3. The Labute approximate surface area is 227 Å². The van der Waals surface area contributed by atoms with E-state index in [9.17, 15) is 21.6 Å². The van der Waals surface area contributed by atoms with Gasteiger partial charge in [-0.1, -0.05) is 48.0 Å². The van der Waals surface area contributed by atoms with Crippen LogP contribution in [0.3, 0.4) is 0 Å². The third kappa shape index (κ3) is 6.12. The van der Waals surface area contributed by atoms with Gasteiger partial charge >= 0.3 is 5.97 Å². The van der Waals surface area contributed by atoms with Crippen molar-refractivity contribution >= 4 is 37.2 Å². The van der Waals surface area contributed by atoms with Crippen molar-refractivity contribution in [2.45, 2.75) is 19.4 Å². The lowest BCUT2D eigenvalue weighted by molar-refractivity contribution is -0.139. The summed E-state index contributed by atoms with van der Waals surface area (Å²) < 4.78 is 72.5. The van der Waals surface area contributed by atoms with Gasteiger partial charge in [0.15, 0.2) is 19.7 Å². The second kappa shape index (κ2) is 11.2. The fourth-order valence-corrected chi connectivity index (χ4v) is 9.05. The van der Waals surface area contributed by atoms with Crippen molar-refractivity contribution in [2.75, 3.05) is 37.5 Å². The van der Waals surface area contributed by atoms with Gasteiger partial charge in [-0.3, -0.25) is 4.90 Å². The lowest BCUT2D eigenvalue weighted by Gasteiger charge is -2.31. The number of rotatable bonds is 7. The number of ether oxygens (including phenoxy) is 1. The Bertz CT molecular complexity index is 1500. The van der Waals surface area contributed by atoms with Crippen molar-refractivity contribution in [3.8, 4) is 0 Å². The summed E-state index contributed by atoms with van der Waals surface area (Å²) in [7, 11) is -6.12. The summed E-state index contributed by atoms with van der Waals surface area (Å²) in [6.45, 7) is 2.49. The van der Waals surface area contributed by atoms with Crippen LogP contribution in [0.25, 0.3) is 0 Å². The predicted molar refractivity (Wildman–Crippen MR) is 143 cm³/mol. The van der Waals surface area contributed by atoms with Crippen LogP contribution >= 0.6 is 11.6 Å². The Balaban J connectivity index is 1.68. The molecule has 4 rings (SSSR count). The molecule has 0 saturated carbocycles. The lowest BCUT2D eigenvalue weighted by Crippen LogP contribution is -2.35. The van der Waals surface area contributed by atoms with E-state index in [2.05, 4.69) is 5.32 Å². The van der Waals surface area contributed by atoms with Gasteiger partial charge in [-0.25, -0.2) is 26.0 Å². The number of sulfone groups is 2. The molecule has 1 atom stereocenters. The zero-order valence-electron chi connectivity index (χ0n) is 20.9. The van der Waals surface area contributed by atoms with Crippen LogP contribution in [0.15, 0.2) is 70.4 Å². The van der Waals surface area contributed by atoms with E-state index in [-0.39, 0.29) is 39.1 Å². The van der Waals surface area contributed by atoms with E-state index in [1.54, 1.807) is 0 Å². The van der Waals surface area contributed by atoms with Gasteiger partial charge in [-0.2, -0.15) is 0 Å². The second-order valence-corrected chi connectivity index (χ2v) is 14.0. The molecule has 0 fully saturated rings. The number of nitrogens with zero attached hydrogens (tertiary/aromatic N) is 1. The van der Waals surface area contributed by atoms with Gasteiger partial charge in [-0.15, -0.1) is 0 Å². The monoisotopic (exact) mass is 582 g/mol. The van der Waals surface area contributed by atoms with Crippen LogP contribution in [-0.4, -0.2) is 65.2 Å². The predicted octanol–water partition coefficient (Wildman–Crippen LogP) is 3.17. The van der Waals surface area contributed by atoms with Gasteiger partial charge < -0.3 is 10.1 Å². The first-order valence-electron chi connectivity index (χ1n) is 11.9. The van der Waals surface area contributed by atoms with E-state index in [1.807, 2.05) is 42.3 Å². The molecule has 0 amide bonds. The van der Waals surface area contributed by atoms with Crippen molar-refractivity contribution in [3.63, 3.8) is 0 Å². The van der Waals surface area contributed by atoms with Crippen molar-refractivity contribution in [3.05, 3.63) is 92.4 Å². The number of likely N-dealkylation sites (N-methyl/N-ethyl adjacent to an activating group) is 1. The molecule has 8 nitrogen and oxygen atoms in total. The topological polar surface area (TPSA) is 110 Å². The Morgan fingerprint density at radius 1 is 1.11 bits per heavy atom. The SMILES string of the molecule is CC1=C(C(=O)OCCN(C)Cc2ccccc2)C(c2c(F)cccc2Cl)C2=C(CS(=O)(=O)CCS2(=O)=O)N1. The average Bonchev–Trinajstić information content (AvgIpc) is 2.91. The van der Waals surface area contributed by atoms with Crippen LogP contribution < -0.4 is 5.32 Å². The maximum atomic E-state index is 15.2. The summed E-state index contributed by atoms with van der Waals surface area (Å²) in [6.07, 6.45) is 0. The Hall–Kier alpha value is -2.73. The van der Waals surface area contributed by atoms with E-state index in [4.69, 9.17) is 16.3 Å². The van der Waals surface area contributed by atoms with E-state index in [0.717, 1.165) is 11.6 Å². The average molecular weight is 583 g/mol. The third-order valence-corrected chi connectivity index (χ3v) is 10.5. The number of nitrogens with one attached hydrogen (secondary N) is 1. The van der Waals surface area contributed by atoms with E-state index >= 15 is 4.39 Å². The van der Waals surface area contributed by atoms with Gasteiger partial charge in [-0.05, 0) is 31.7 Å². The summed E-state index contributed by atoms with van der Waals surface area (Å²) >= 11 is 6.35. The summed E-state index contributed by atoms with van der Waals surface area (Å²) in [4.78, 5) is 15.0. The fraction of sp³-hybridized carbons (Fsp3) is 0.346. The first kappa shape index (κ1) is 28.3. The fourth-order valence-electron chi connectivity index (χ4n) is 4.67. The number of carbonyl (C=O) groups excluding carboxylic acids is 1. The molecule has 0 spiro atoms. The van der Waals surface area contributed by atoms with Gasteiger partial charge in [0.1, 0.15) is 12.4 Å². The molecule has 12 heteroatoms. The van der Waals surface area contributed by atoms with Gasteiger partial charge in [0.25, 0.3) is 0 Å². The number of hydrogen-bond acceptors (Lipinski definition) is 8. The minimum atomic E-state index is -4.22. The number of hydrogen-bond donors (Lipinski definition) is 1. The zero-order valence-corrected chi connectivity index (χ0v) is 23.3.